The molecule has 0 N–H and O–H groups in total. The van der Waals surface area contributed by atoms with Crippen LogP contribution in [0.3, 0.4) is 0 Å². The highest BCUT2D eigenvalue weighted by Gasteiger charge is 2.49. The summed E-state index contributed by atoms with van der Waals surface area (Å²) < 4.78 is 21.3. The van der Waals surface area contributed by atoms with Crippen molar-refractivity contribution in [3.63, 3.8) is 0 Å². The number of hydrogen-bond acceptors (Lipinski definition) is 7. The lowest BCUT2D eigenvalue weighted by Gasteiger charge is -2.27. The topological polar surface area (TPSA) is 88.1 Å². The van der Waals surface area contributed by atoms with Gasteiger partial charge in [-0.15, -0.1) is 0 Å². The zero-order valence-electron chi connectivity index (χ0n) is 16.5. The molecule has 1 heterocycles. The molecule has 0 radical (unpaired) electrons. The maximum Gasteiger partial charge on any atom is 0.355 e. The van der Waals surface area contributed by atoms with Crippen molar-refractivity contribution < 1.29 is 33.3 Å². The molecule has 1 aliphatic rings. The number of rotatable bonds is 8. The van der Waals surface area contributed by atoms with E-state index in [0.717, 1.165) is 0 Å². The second-order valence-corrected chi connectivity index (χ2v) is 6.12. The van der Waals surface area contributed by atoms with Gasteiger partial charge in [0.05, 0.1) is 31.8 Å². The first-order valence-corrected chi connectivity index (χ1v) is 9.45. The van der Waals surface area contributed by atoms with E-state index in [1.807, 2.05) is 6.07 Å². The molecular formula is C21H26O7. The third-order valence-corrected chi connectivity index (χ3v) is 4.33. The first-order chi connectivity index (χ1) is 13.5. The van der Waals surface area contributed by atoms with Gasteiger partial charge in [0.1, 0.15) is 5.76 Å². The largest absolute Gasteiger partial charge is 0.474 e. The van der Waals surface area contributed by atoms with Crippen LogP contribution in [0.2, 0.25) is 0 Å². The summed E-state index contributed by atoms with van der Waals surface area (Å²) in [4.78, 5) is 37.2. The molecule has 7 heteroatoms. The van der Waals surface area contributed by atoms with Crippen molar-refractivity contribution in [2.75, 3.05) is 19.8 Å². The van der Waals surface area contributed by atoms with Gasteiger partial charge in [0.2, 0.25) is 5.60 Å². The first kappa shape index (κ1) is 21.5. The number of allylic oxidation sites excluding steroid dienone is 1. The van der Waals surface area contributed by atoms with Crippen molar-refractivity contribution in [3.8, 4) is 0 Å². The van der Waals surface area contributed by atoms with Crippen LogP contribution in [0.4, 0.5) is 0 Å². The van der Waals surface area contributed by atoms with Crippen LogP contribution < -0.4 is 0 Å². The number of carbonyl (C=O) groups excluding carboxylic acids is 3. The summed E-state index contributed by atoms with van der Waals surface area (Å²) in [5, 5.41) is 0. The van der Waals surface area contributed by atoms with E-state index in [2.05, 4.69) is 0 Å². The molecular weight excluding hydrogens is 364 g/mol. The monoisotopic (exact) mass is 390 g/mol. The lowest BCUT2D eigenvalue weighted by Crippen LogP contribution is -2.36. The van der Waals surface area contributed by atoms with Gasteiger partial charge in [-0.2, -0.15) is 0 Å². The molecule has 1 atom stereocenters. The minimum absolute atomic E-state index is 0.0717. The summed E-state index contributed by atoms with van der Waals surface area (Å²) in [6.45, 7) is 5.62. The Morgan fingerprint density at radius 1 is 0.964 bits per heavy atom. The van der Waals surface area contributed by atoms with Gasteiger partial charge in [0.25, 0.3) is 0 Å². The molecule has 7 nitrogen and oxygen atoms in total. The molecule has 0 bridgehead atoms. The molecule has 1 aromatic carbocycles. The van der Waals surface area contributed by atoms with E-state index in [9.17, 15) is 14.4 Å². The molecule has 1 aliphatic heterocycles. The Kier molecular flexibility index (Phi) is 7.61. The number of carbonyl (C=O) groups is 3. The molecule has 2 rings (SSSR count). The molecule has 0 aliphatic carbocycles. The summed E-state index contributed by atoms with van der Waals surface area (Å²) in [7, 11) is 0. The Balaban J connectivity index is 2.44. The van der Waals surface area contributed by atoms with Crippen LogP contribution in [-0.2, 0) is 38.9 Å². The van der Waals surface area contributed by atoms with E-state index < -0.39 is 23.5 Å². The Labute approximate surface area is 164 Å². The van der Waals surface area contributed by atoms with E-state index in [0.29, 0.717) is 12.0 Å². The fourth-order valence-corrected chi connectivity index (χ4v) is 3.09. The van der Waals surface area contributed by atoms with E-state index >= 15 is 0 Å². The molecule has 0 amide bonds. The van der Waals surface area contributed by atoms with Crippen molar-refractivity contribution >= 4 is 17.9 Å². The van der Waals surface area contributed by atoms with Gasteiger partial charge in [0, 0.05) is 18.4 Å². The van der Waals surface area contributed by atoms with Crippen LogP contribution in [0.5, 0.6) is 0 Å². The van der Waals surface area contributed by atoms with Gasteiger partial charge in [-0.25, -0.2) is 9.59 Å². The van der Waals surface area contributed by atoms with Crippen LogP contribution >= 0.6 is 0 Å². The Hall–Kier alpha value is -2.83. The smallest absolute Gasteiger partial charge is 0.355 e. The van der Waals surface area contributed by atoms with Gasteiger partial charge < -0.3 is 18.9 Å². The highest BCUT2D eigenvalue weighted by Crippen LogP contribution is 2.44. The van der Waals surface area contributed by atoms with Gasteiger partial charge >= 0.3 is 17.9 Å². The zero-order valence-corrected chi connectivity index (χ0v) is 16.5. The molecule has 1 fully saturated rings. The standard InChI is InChI=1S/C21H26O7/c1-4-25-18(22)14-16(19(23)26-5-2)17-12-13-21(28-17,20(24)27-6-3)15-10-8-7-9-11-15/h7-11H,4-6,12-14H2,1-3H3/b17-16+. The van der Waals surface area contributed by atoms with Gasteiger partial charge in [-0.3, -0.25) is 4.79 Å². The molecule has 1 saturated heterocycles. The minimum Gasteiger partial charge on any atom is -0.474 e. The van der Waals surface area contributed by atoms with Crippen LogP contribution in [0, 0.1) is 0 Å². The van der Waals surface area contributed by atoms with Crippen molar-refractivity contribution in [1.82, 2.24) is 0 Å². The zero-order chi connectivity index (χ0) is 20.6. The summed E-state index contributed by atoms with van der Waals surface area (Å²) in [5.74, 6) is -1.49. The number of esters is 3. The van der Waals surface area contributed by atoms with Gasteiger partial charge in [-0.1, -0.05) is 30.3 Å². The number of benzene rings is 1. The van der Waals surface area contributed by atoms with Crippen molar-refractivity contribution in [2.24, 2.45) is 0 Å². The number of hydrogen-bond donors (Lipinski definition) is 0. The molecule has 0 spiro atoms. The fourth-order valence-electron chi connectivity index (χ4n) is 3.09. The van der Waals surface area contributed by atoms with E-state index in [1.165, 1.54) is 0 Å². The van der Waals surface area contributed by atoms with Gasteiger partial charge in [-0.05, 0) is 20.8 Å². The van der Waals surface area contributed by atoms with Crippen LogP contribution in [-0.4, -0.2) is 37.7 Å². The molecule has 0 aromatic heterocycles. The Bertz CT molecular complexity index is 738. The van der Waals surface area contributed by atoms with Crippen LogP contribution in [0.25, 0.3) is 0 Å². The fraction of sp³-hybridized carbons (Fsp3) is 0.476. The lowest BCUT2D eigenvalue weighted by molar-refractivity contribution is -0.165. The van der Waals surface area contributed by atoms with Gasteiger partial charge in [0.15, 0.2) is 0 Å². The predicted octanol–water partition coefficient (Wildman–Crippen LogP) is 3.03. The van der Waals surface area contributed by atoms with E-state index in [4.69, 9.17) is 18.9 Å². The second-order valence-electron chi connectivity index (χ2n) is 6.12. The highest BCUT2D eigenvalue weighted by atomic mass is 16.6. The third kappa shape index (κ3) is 4.71. The van der Waals surface area contributed by atoms with Crippen molar-refractivity contribution in [3.05, 3.63) is 47.2 Å². The predicted molar refractivity (Wildman–Crippen MR) is 100.0 cm³/mol. The molecule has 152 valence electrons. The Morgan fingerprint density at radius 2 is 1.61 bits per heavy atom. The van der Waals surface area contributed by atoms with E-state index in [1.54, 1.807) is 45.0 Å². The van der Waals surface area contributed by atoms with E-state index in [-0.39, 0.29) is 44.0 Å². The first-order valence-electron chi connectivity index (χ1n) is 9.45. The minimum atomic E-state index is -1.36. The molecule has 0 saturated carbocycles. The van der Waals surface area contributed by atoms with Crippen LogP contribution in [0.1, 0.15) is 45.6 Å². The molecule has 1 unspecified atom stereocenters. The third-order valence-electron chi connectivity index (χ3n) is 4.33. The summed E-state index contributed by atoms with van der Waals surface area (Å²) in [6.07, 6.45) is 0.299. The summed E-state index contributed by atoms with van der Waals surface area (Å²) in [6, 6.07) is 8.97. The quantitative estimate of drug-likeness (QED) is 0.383. The highest BCUT2D eigenvalue weighted by molar-refractivity contribution is 5.94. The van der Waals surface area contributed by atoms with Crippen molar-refractivity contribution in [1.29, 1.82) is 0 Å². The Morgan fingerprint density at radius 3 is 2.21 bits per heavy atom. The average molecular weight is 390 g/mol. The summed E-state index contributed by atoms with van der Waals surface area (Å²) >= 11 is 0. The normalized spacial score (nSPS) is 20.1. The van der Waals surface area contributed by atoms with Crippen LogP contribution in [0.15, 0.2) is 41.7 Å². The van der Waals surface area contributed by atoms with Crippen molar-refractivity contribution in [2.45, 2.75) is 45.6 Å². The number of ether oxygens (including phenoxy) is 4. The average Bonchev–Trinajstić information content (AvgIpc) is 3.14. The maximum atomic E-state index is 12.8. The lowest BCUT2D eigenvalue weighted by atomic mass is 9.90. The maximum absolute atomic E-state index is 12.8. The molecule has 1 aromatic rings. The second kappa shape index (κ2) is 9.92. The molecule has 28 heavy (non-hydrogen) atoms. The summed E-state index contributed by atoms with van der Waals surface area (Å²) in [5.41, 5.74) is -0.663. The SMILES string of the molecule is CCOC(=O)C/C(C(=O)OCC)=C1/CCC(C(=O)OCC)(c2ccccc2)O1.